The molecule has 0 radical (unpaired) electrons. The van der Waals surface area contributed by atoms with E-state index in [1.54, 1.807) is 0 Å². The highest BCUT2D eigenvalue weighted by atomic mass is 35.5. The molecule has 19 heavy (non-hydrogen) atoms. The predicted octanol–water partition coefficient (Wildman–Crippen LogP) is 1.78. The summed E-state index contributed by atoms with van der Waals surface area (Å²) in [5.74, 6) is -0.0358. The third-order valence-corrected chi connectivity index (χ3v) is 4.65. The van der Waals surface area contributed by atoms with Crippen LogP contribution < -0.4 is 10.5 Å². The summed E-state index contributed by atoms with van der Waals surface area (Å²) in [6, 6.07) is 2.54. The minimum atomic E-state index is -4.03. The molecule has 1 fully saturated rings. The van der Waals surface area contributed by atoms with Gasteiger partial charge in [0.1, 0.15) is 4.90 Å². The van der Waals surface area contributed by atoms with Gasteiger partial charge in [-0.3, -0.25) is 4.79 Å². The fourth-order valence-corrected chi connectivity index (χ4v) is 3.16. The van der Waals surface area contributed by atoms with E-state index in [2.05, 4.69) is 5.32 Å². The standard InChI is InChI=1S/C11H12Cl2N2O3S/c1-5-2-8(5)15-11(16)7-3-6(12)4-9(10(7)13)19(14,17)18/h3-5,8H,2H2,1H3,(H,15,16)(H2,14,17,18). The van der Waals surface area contributed by atoms with E-state index < -0.39 is 15.9 Å². The number of primary sulfonamides is 1. The van der Waals surface area contributed by atoms with Crippen molar-refractivity contribution in [1.82, 2.24) is 5.32 Å². The van der Waals surface area contributed by atoms with Crippen molar-refractivity contribution < 1.29 is 13.2 Å². The van der Waals surface area contributed by atoms with Crippen molar-refractivity contribution in [3.8, 4) is 0 Å². The quantitative estimate of drug-likeness (QED) is 0.888. The second-order valence-corrected chi connectivity index (χ2v) is 6.95. The fourth-order valence-electron chi connectivity index (χ4n) is 1.71. The first-order valence-electron chi connectivity index (χ1n) is 5.53. The Hall–Kier alpha value is -0.820. The molecule has 5 nitrogen and oxygen atoms in total. The Kier molecular flexibility index (Phi) is 3.79. The lowest BCUT2D eigenvalue weighted by Gasteiger charge is -2.09. The molecule has 0 saturated heterocycles. The molecule has 0 aliphatic heterocycles. The van der Waals surface area contributed by atoms with Gasteiger partial charge in [0, 0.05) is 11.1 Å². The number of carbonyl (C=O) groups excluding carboxylic acids is 1. The van der Waals surface area contributed by atoms with Crippen molar-refractivity contribution in [2.24, 2.45) is 11.1 Å². The van der Waals surface area contributed by atoms with Gasteiger partial charge in [-0.1, -0.05) is 30.1 Å². The van der Waals surface area contributed by atoms with Crippen molar-refractivity contribution in [3.05, 3.63) is 27.7 Å². The zero-order valence-corrected chi connectivity index (χ0v) is 12.3. The number of carbonyl (C=O) groups is 1. The number of nitrogens with one attached hydrogen (secondary N) is 1. The largest absolute Gasteiger partial charge is 0.349 e. The molecule has 3 N–H and O–H groups in total. The van der Waals surface area contributed by atoms with Crippen molar-refractivity contribution in [2.75, 3.05) is 0 Å². The summed E-state index contributed by atoms with van der Waals surface area (Å²) >= 11 is 11.7. The molecule has 0 heterocycles. The van der Waals surface area contributed by atoms with Crippen LogP contribution >= 0.6 is 23.2 Å². The number of hydrogen-bond acceptors (Lipinski definition) is 3. The Bertz CT molecular complexity index is 646. The van der Waals surface area contributed by atoms with Crippen LogP contribution in [0.1, 0.15) is 23.7 Å². The maximum absolute atomic E-state index is 12.0. The molecule has 2 atom stereocenters. The number of halogens is 2. The van der Waals surface area contributed by atoms with Gasteiger partial charge in [0.05, 0.1) is 10.6 Å². The zero-order chi connectivity index (χ0) is 14.4. The smallest absolute Gasteiger partial charge is 0.253 e. The summed E-state index contributed by atoms with van der Waals surface area (Å²) in [6.07, 6.45) is 0.895. The van der Waals surface area contributed by atoms with Crippen molar-refractivity contribution in [2.45, 2.75) is 24.3 Å². The Morgan fingerprint density at radius 3 is 2.47 bits per heavy atom. The highest BCUT2D eigenvalue weighted by Gasteiger charge is 2.34. The molecule has 1 aliphatic rings. The van der Waals surface area contributed by atoms with Gasteiger partial charge in [-0.15, -0.1) is 0 Å². The summed E-state index contributed by atoms with van der Waals surface area (Å²) in [6.45, 7) is 2.00. The van der Waals surface area contributed by atoms with E-state index in [9.17, 15) is 13.2 Å². The highest BCUT2D eigenvalue weighted by Crippen LogP contribution is 2.32. The molecular weight excluding hydrogens is 311 g/mol. The first-order chi connectivity index (χ1) is 8.70. The molecule has 0 bridgehead atoms. The van der Waals surface area contributed by atoms with Crippen LogP contribution in [0.4, 0.5) is 0 Å². The van der Waals surface area contributed by atoms with E-state index in [4.69, 9.17) is 28.3 Å². The maximum Gasteiger partial charge on any atom is 0.253 e. The molecule has 1 aromatic rings. The van der Waals surface area contributed by atoms with Crippen molar-refractivity contribution in [1.29, 1.82) is 0 Å². The number of sulfonamides is 1. The van der Waals surface area contributed by atoms with E-state index in [0.717, 1.165) is 12.5 Å². The monoisotopic (exact) mass is 322 g/mol. The van der Waals surface area contributed by atoms with Gasteiger partial charge in [0.15, 0.2) is 0 Å². The lowest BCUT2D eigenvalue weighted by Crippen LogP contribution is -2.27. The first kappa shape index (κ1) is 14.6. The molecule has 1 amide bonds. The van der Waals surface area contributed by atoms with E-state index in [-0.39, 0.29) is 26.5 Å². The van der Waals surface area contributed by atoms with E-state index in [0.29, 0.717) is 5.92 Å². The van der Waals surface area contributed by atoms with Crippen LogP contribution in [0.2, 0.25) is 10.0 Å². The molecule has 2 rings (SSSR count). The topological polar surface area (TPSA) is 89.3 Å². The lowest BCUT2D eigenvalue weighted by atomic mass is 10.2. The van der Waals surface area contributed by atoms with Crippen LogP contribution in [0.5, 0.6) is 0 Å². The van der Waals surface area contributed by atoms with Crippen LogP contribution in [0, 0.1) is 5.92 Å². The zero-order valence-electron chi connectivity index (χ0n) is 9.98. The Morgan fingerprint density at radius 2 is 2.00 bits per heavy atom. The molecular formula is C11H12Cl2N2O3S. The van der Waals surface area contributed by atoms with Crippen LogP contribution in [-0.4, -0.2) is 20.4 Å². The highest BCUT2D eigenvalue weighted by molar-refractivity contribution is 7.89. The van der Waals surface area contributed by atoms with Gasteiger partial charge in [-0.05, 0) is 24.5 Å². The summed E-state index contributed by atoms with van der Waals surface area (Å²) in [5, 5.41) is 7.65. The second-order valence-electron chi connectivity index (χ2n) is 4.60. The predicted molar refractivity (Wildman–Crippen MR) is 72.9 cm³/mol. The van der Waals surface area contributed by atoms with Crippen LogP contribution in [0.25, 0.3) is 0 Å². The summed E-state index contributed by atoms with van der Waals surface area (Å²) in [4.78, 5) is 11.7. The summed E-state index contributed by atoms with van der Waals surface area (Å²) in [5.41, 5.74) is 0.0114. The minimum Gasteiger partial charge on any atom is -0.349 e. The minimum absolute atomic E-state index is 0.0114. The normalized spacial score (nSPS) is 22.1. The van der Waals surface area contributed by atoms with E-state index in [1.165, 1.54) is 6.07 Å². The number of benzene rings is 1. The van der Waals surface area contributed by atoms with Crippen molar-refractivity contribution in [3.63, 3.8) is 0 Å². The van der Waals surface area contributed by atoms with Gasteiger partial charge in [-0.25, -0.2) is 13.6 Å². The van der Waals surface area contributed by atoms with Gasteiger partial charge >= 0.3 is 0 Å². The van der Waals surface area contributed by atoms with Crippen LogP contribution in [0.15, 0.2) is 17.0 Å². The third-order valence-electron chi connectivity index (χ3n) is 2.98. The lowest BCUT2D eigenvalue weighted by molar-refractivity contribution is 0.0949. The Morgan fingerprint density at radius 1 is 1.42 bits per heavy atom. The van der Waals surface area contributed by atoms with E-state index >= 15 is 0 Å². The molecule has 0 aromatic heterocycles. The SMILES string of the molecule is CC1CC1NC(=O)c1cc(Cl)cc(S(N)(=O)=O)c1Cl. The van der Waals surface area contributed by atoms with Crippen LogP contribution in [-0.2, 0) is 10.0 Å². The molecule has 1 saturated carbocycles. The van der Waals surface area contributed by atoms with E-state index in [1.807, 2.05) is 6.92 Å². The number of nitrogens with two attached hydrogens (primary N) is 1. The molecule has 8 heteroatoms. The Balaban J connectivity index is 2.40. The Labute approximate surface area is 121 Å². The average molecular weight is 323 g/mol. The summed E-state index contributed by atoms with van der Waals surface area (Å²) < 4.78 is 22.7. The fraction of sp³-hybridized carbons (Fsp3) is 0.364. The molecule has 2 unspecified atom stereocenters. The molecule has 1 aliphatic carbocycles. The first-order valence-corrected chi connectivity index (χ1v) is 7.83. The molecule has 0 spiro atoms. The summed E-state index contributed by atoms with van der Waals surface area (Å²) in [7, 11) is -4.03. The number of amides is 1. The average Bonchev–Trinajstić information content (AvgIpc) is 2.95. The molecule has 104 valence electrons. The second kappa shape index (κ2) is 4.94. The molecule has 1 aromatic carbocycles. The number of hydrogen-bond donors (Lipinski definition) is 2. The van der Waals surface area contributed by atoms with Gasteiger partial charge < -0.3 is 5.32 Å². The van der Waals surface area contributed by atoms with Gasteiger partial charge in [0.2, 0.25) is 10.0 Å². The van der Waals surface area contributed by atoms with Crippen molar-refractivity contribution >= 4 is 39.1 Å². The number of rotatable bonds is 3. The maximum atomic E-state index is 12.0. The third kappa shape index (κ3) is 3.20. The van der Waals surface area contributed by atoms with Gasteiger partial charge in [-0.2, -0.15) is 0 Å². The van der Waals surface area contributed by atoms with Crippen LogP contribution in [0.3, 0.4) is 0 Å². The van der Waals surface area contributed by atoms with Gasteiger partial charge in [0.25, 0.3) is 5.91 Å².